The molecule has 0 radical (unpaired) electrons. The second-order valence-electron chi connectivity index (χ2n) is 11.2. The second-order valence-corrected chi connectivity index (χ2v) is 12.8. The Morgan fingerprint density at radius 1 is 1.24 bits per heavy atom. The lowest BCUT2D eigenvalue weighted by Gasteiger charge is -2.42. The maximum Gasteiger partial charge on any atom is 0.310 e. The van der Waals surface area contributed by atoms with Crippen molar-refractivity contribution in [2.24, 2.45) is 11.8 Å². The molecule has 1 aliphatic carbocycles. The van der Waals surface area contributed by atoms with Gasteiger partial charge in [0.1, 0.15) is 6.04 Å². The van der Waals surface area contributed by atoms with Crippen molar-refractivity contribution in [1.29, 1.82) is 0 Å². The molecule has 1 aromatic carbocycles. The zero-order valence-corrected chi connectivity index (χ0v) is 23.1. The van der Waals surface area contributed by atoms with Crippen LogP contribution in [0.15, 0.2) is 43.0 Å². The average Bonchev–Trinajstić information content (AvgIpc) is 3.58. The highest BCUT2D eigenvalue weighted by atomic mass is 32.2. The molecule has 3 aliphatic heterocycles. The lowest BCUT2D eigenvalue weighted by molar-refractivity contribution is -0.154. The Morgan fingerprint density at radius 3 is 2.63 bits per heavy atom. The lowest BCUT2D eigenvalue weighted by atomic mass is 9.71. The SMILES string of the molecule is C=CCN(C(=O)C1N([C@@H](CO)Cc2ccccc2)C(=O)[C@@H]2[C@H](C(=O)OCC)[C@@H]3CCC12S3)C1CCCCC1. The van der Waals surface area contributed by atoms with Crippen LogP contribution in [0.1, 0.15) is 57.4 Å². The van der Waals surface area contributed by atoms with Crippen molar-refractivity contribution in [3.63, 3.8) is 0 Å². The van der Waals surface area contributed by atoms with E-state index >= 15 is 0 Å². The number of hydrogen-bond acceptors (Lipinski definition) is 6. The fourth-order valence-corrected chi connectivity index (χ4v) is 9.70. The predicted octanol–water partition coefficient (Wildman–Crippen LogP) is 3.59. The van der Waals surface area contributed by atoms with E-state index in [2.05, 4.69) is 6.58 Å². The van der Waals surface area contributed by atoms with Crippen molar-refractivity contribution in [2.45, 2.75) is 86.4 Å². The van der Waals surface area contributed by atoms with Gasteiger partial charge in [-0.05, 0) is 44.6 Å². The summed E-state index contributed by atoms with van der Waals surface area (Å²) in [5.74, 6) is -1.75. The van der Waals surface area contributed by atoms with Crippen LogP contribution in [0, 0.1) is 11.8 Å². The van der Waals surface area contributed by atoms with Crippen molar-refractivity contribution in [2.75, 3.05) is 19.8 Å². The molecule has 5 rings (SSSR count). The highest BCUT2D eigenvalue weighted by Crippen LogP contribution is 2.67. The van der Waals surface area contributed by atoms with Crippen LogP contribution in [0.4, 0.5) is 0 Å². The topological polar surface area (TPSA) is 87.2 Å². The molecule has 3 saturated heterocycles. The van der Waals surface area contributed by atoms with E-state index in [1.807, 2.05) is 35.2 Å². The minimum Gasteiger partial charge on any atom is -0.466 e. The molecule has 7 nitrogen and oxygen atoms in total. The van der Waals surface area contributed by atoms with Gasteiger partial charge < -0.3 is 19.6 Å². The van der Waals surface area contributed by atoms with E-state index in [1.54, 1.807) is 29.7 Å². The molecule has 6 atom stereocenters. The van der Waals surface area contributed by atoms with Crippen molar-refractivity contribution < 1.29 is 24.2 Å². The number of likely N-dealkylation sites (tertiary alicyclic amines) is 1. The minimum atomic E-state index is -0.725. The van der Waals surface area contributed by atoms with Crippen LogP contribution in [-0.4, -0.2) is 80.6 Å². The normalized spacial score (nSPS) is 31.2. The number of thioether (sulfide) groups is 1. The van der Waals surface area contributed by atoms with E-state index in [-0.39, 0.29) is 42.3 Å². The quantitative estimate of drug-likeness (QED) is 0.361. The summed E-state index contributed by atoms with van der Waals surface area (Å²) in [6, 6.07) is 8.61. The van der Waals surface area contributed by atoms with Crippen molar-refractivity contribution in [3.8, 4) is 0 Å². The highest BCUT2D eigenvalue weighted by Gasteiger charge is 2.74. The van der Waals surface area contributed by atoms with E-state index in [1.165, 1.54) is 6.42 Å². The van der Waals surface area contributed by atoms with Crippen LogP contribution in [0.2, 0.25) is 0 Å². The smallest absolute Gasteiger partial charge is 0.310 e. The van der Waals surface area contributed by atoms with Gasteiger partial charge in [-0.25, -0.2) is 0 Å². The minimum absolute atomic E-state index is 0.0234. The standard InChI is InChI=1S/C30H40N2O5S/c1-3-17-31(21-13-9-6-10-14-21)28(35)26-30-16-15-23(38-30)24(29(36)37-4-2)25(30)27(34)32(26)22(19-33)18-20-11-7-5-8-12-20/h3,5,7-8,11-12,21-26,33H,1,4,6,9-10,13-19H2,2H3/t22-,23+,24-,25+,26?,30?/m1/s1. The number of carbonyl (C=O) groups excluding carboxylic acids is 3. The third-order valence-electron chi connectivity index (χ3n) is 9.07. The predicted molar refractivity (Wildman–Crippen MR) is 147 cm³/mol. The van der Waals surface area contributed by atoms with E-state index in [9.17, 15) is 19.5 Å². The molecule has 8 heteroatoms. The Morgan fingerprint density at radius 2 is 1.97 bits per heavy atom. The van der Waals surface area contributed by atoms with Crippen molar-refractivity contribution in [1.82, 2.24) is 9.80 Å². The van der Waals surface area contributed by atoms with Gasteiger partial charge in [0.15, 0.2) is 0 Å². The first-order valence-corrected chi connectivity index (χ1v) is 15.1. The van der Waals surface area contributed by atoms with Crippen LogP contribution < -0.4 is 0 Å². The van der Waals surface area contributed by atoms with Crippen LogP contribution in [0.5, 0.6) is 0 Å². The zero-order chi connectivity index (χ0) is 26.9. The number of rotatable bonds is 10. The van der Waals surface area contributed by atoms with E-state index in [4.69, 9.17) is 4.74 Å². The van der Waals surface area contributed by atoms with Crippen LogP contribution in [0.3, 0.4) is 0 Å². The molecule has 206 valence electrons. The molecule has 1 saturated carbocycles. The van der Waals surface area contributed by atoms with Crippen LogP contribution >= 0.6 is 11.8 Å². The highest BCUT2D eigenvalue weighted by molar-refractivity contribution is 8.02. The maximum absolute atomic E-state index is 14.7. The van der Waals surface area contributed by atoms with Crippen LogP contribution in [0.25, 0.3) is 0 Å². The number of benzene rings is 1. The van der Waals surface area contributed by atoms with Gasteiger partial charge in [0, 0.05) is 17.8 Å². The first-order chi connectivity index (χ1) is 18.5. The van der Waals surface area contributed by atoms with E-state index < -0.39 is 28.7 Å². The number of aliphatic hydroxyl groups excluding tert-OH is 1. The van der Waals surface area contributed by atoms with Gasteiger partial charge in [-0.2, -0.15) is 0 Å². The molecule has 3 heterocycles. The fraction of sp³-hybridized carbons (Fsp3) is 0.633. The van der Waals surface area contributed by atoms with Gasteiger partial charge >= 0.3 is 5.97 Å². The van der Waals surface area contributed by atoms with Gasteiger partial charge in [0.05, 0.1) is 35.8 Å². The molecule has 1 aromatic rings. The summed E-state index contributed by atoms with van der Waals surface area (Å²) in [5, 5.41) is 10.6. The van der Waals surface area contributed by atoms with Gasteiger partial charge in [0.25, 0.3) is 0 Å². The number of carbonyl (C=O) groups is 3. The molecule has 0 aromatic heterocycles. The van der Waals surface area contributed by atoms with Gasteiger partial charge in [-0.15, -0.1) is 18.3 Å². The molecule has 4 fully saturated rings. The number of nitrogens with zero attached hydrogens (tertiary/aromatic N) is 2. The molecule has 4 aliphatic rings. The van der Waals surface area contributed by atoms with Gasteiger partial charge in [0.2, 0.25) is 11.8 Å². The number of fused-ring (bicyclic) bond motifs is 1. The number of ether oxygens (including phenoxy) is 1. The number of esters is 1. The Kier molecular flexibility index (Phi) is 8.19. The molecule has 2 unspecified atom stereocenters. The molecule has 2 bridgehead atoms. The molecular weight excluding hydrogens is 500 g/mol. The Balaban J connectivity index is 1.56. The third kappa shape index (κ3) is 4.57. The summed E-state index contributed by atoms with van der Waals surface area (Å²) in [6.45, 7) is 6.15. The Hall–Kier alpha value is -2.32. The first kappa shape index (κ1) is 27.3. The second kappa shape index (κ2) is 11.4. The van der Waals surface area contributed by atoms with Crippen LogP contribution in [-0.2, 0) is 25.5 Å². The number of amides is 2. The summed E-state index contributed by atoms with van der Waals surface area (Å²) in [5.41, 5.74) is 0.995. The largest absolute Gasteiger partial charge is 0.466 e. The molecule has 1 N–H and O–H groups in total. The molecule has 2 amide bonds. The maximum atomic E-state index is 14.7. The Labute approximate surface area is 230 Å². The summed E-state index contributed by atoms with van der Waals surface area (Å²) >= 11 is 1.65. The van der Waals surface area contributed by atoms with Gasteiger partial charge in [-0.3, -0.25) is 14.4 Å². The molecule has 1 spiro atoms. The summed E-state index contributed by atoms with van der Waals surface area (Å²) in [7, 11) is 0. The molecular formula is C30H40N2O5S. The number of hydrogen-bond donors (Lipinski definition) is 1. The van der Waals surface area contributed by atoms with E-state index in [0.29, 0.717) is 19.4 Å². The van der Waals surface area contributed by atoms with Crippen molar-refractivity contribution in [3.05, 3.63) is 48.6 Å². The summed E-state index contributed by atoms with van der Waals surface area (Å²) < 4.78 is 4.76. The Bertz CT molecular complexity index is 1040. The lowest BCUT2D eigenvalue weighted by Crippen LogP contribution is -2.59. The third-order valence-corrected chi connectivity index (χ3v) is 11.0. The summed E-state index contributed by atoms with van der Waals surface area (Å²) in [6.07, 6.45) is 8.95. The fourth-order valence-electron chi connectivity index (χ4n) is 7.51. The van der Waals surface area contributed by atoms with E-state index in [0.717, 1.165) is 37.7 Å². The average molecular weight is 541 g/mol. The first-order valence-electron chi connectivity index (χ1n) is 14.2. The van der Waals surface area contributed by atoms with Crippen molar-refractivity contribution >= 4 is 29.5 Å². The summed E-state index contributed by atoms with van der Waals surface area (Å²) in [4.78, 5) is 45.8. The zero-order valence-electron chi connectivity index (χ0n) is 22.3. The molecule has 38 heavy (non-hydrogen) atoms. The monoisotopic (exact) mass is 540 g/mol. The van der Waals surface area contributed by atoms with Gasteiger partial charge in [-0.1, -0.05) is 55.7 Å². The number of aliphatic hydroxyl groups is 1.